The predicted molar refractivity (Wildman–Crippen MR) is 158 cm³/mol. The van der Waals surface area contributed by atoms with Gasteiger partial charge in [-0.25, -0.2) is 18.9 Å². The number of carbonyl (C=O) groups is 1. The Bertz CT molecular complexity index is 1630. The van der Waals surface area contributed by atoms with Crippen LogP contribution in [0.25, 0.3) is 11.2 Å². The van der Waals surface area contributed by atoms with Gasteiger partial charge in [-0.1, -0.05) is 6.42 Å². The van der Waals surface area contributed by atoms with E-state index in [4.69, 9.17) is 32.7 Å². The van der Waals surface area contributed by atoms with E-state index in [-0.39, 0.29) is 35.7 Å². The first kappa shape index (κ1) is 32.4. The molecule has 0 bridgehead atoms. The van der Waals surface area contributed by atoms with E-state index in [2.05, 4.69) is 20.0 Å². The number of hydrogen-bond donors (Lipinski definition) is 2. The molecule has 2 aromatic heterocycles. The highest BCUT2D eigenvalue weighted by Gasteiger charge is 2.56. The van der Waals surface area contributed by atoms with Crippen LogP contribution in [-0.4, -0.2) is 81.1 Å². The molecule has 1 saturated carbocycles. The summed E-state index contributed by atoms with van der Waals surface area (Å²) in [6.45, 7) is 3.72. The van der Waals surface area contributed by atoms with Crippen molar-refractivity contribution in [1.29, 1.82) is 0 Å². The molecule has 15 nitrogen and oxygen atoms in total. The van der Waals surface area contributed by atoms with Gasteiger partial charge in [0.25, 0.3) is 0 Å². The molecule has 1 saturated heterocycles. The molecule has 1 aromatic carbocycles. The number of alkyl halides is 1. The molecule has 0 unspecified atom stereocenters. The third-order valence-corrected chi connectivity index (χ3v) is 9.83. The van der Waals surface area contributed by atoms with Crippen molar-refractivity contribution in [2.24, 2.45) is 0 Å². The van der Waals surface area contributed by atoms with Gasteiger partial charge < -0.3 is 33.3 Å². The van der Waals surface area contributed by atoms with Crippen molar-refractivity contribution in [3.05, 3.63) is 30.4 Å². The summed E-state index contributed by atoms with van der Waals surface area (Å²) in [5.41, 5.74) is -1.85. The Morgan fingerprint density at radius 2 is 2.00 bits per heavy atom. The van der Waals surface area contributed by atoms with E-state index in [9.17, 15) is 14.5 Å². The number of imidazole rings is 1. The van der Waals surface area contributed by atoms with Gasteiger partial charge in [0.05, 0.1) is 20.0 Å². The van der Waals surface area contributed by atoms with Crippen LogP contribution in [0.1, 0.15) is 58.0 Å². The van der Waals surface area contributed by atoms with Crippen LogP contribution in [0, 0.1) is 6.92 Å². The van der Waals surface area contributed by atoms with Gasteiger partial charge in [0.2, 0.25) is 12.7 Å². The number of nitrogens with one attached hydrogen (secondary N) is 1. The minimum Gasteiger partial charge on any atom is -0.479 e. The van der Waals surface area contributed by atoms with Crippen LogP contribution in [0.15, 0.2) is 24.5 Å². The van der Waals surface area contributed by atoms with E-state index in [0.29, 0.717) is 17.3 Å². The molecule has 17 heteroatoms. The number of aryl methyl sites for hydroxylation is 1. The quantitative estimate of drug-likeness (QED) is 0.223. The first-order valence-electron chi connectivity index (χ1n) is 15.1. The smallest absolute Gasteiger partial charge is 0.459 e. The van der Waals surface area contributed by atoms with Crippen molar-refractivity contribution in [2.45, 2.75) is 89.1 Å². The highest BCUT2D eigenvalue weighted by atomic mass is 31.2. The fourth-order valence-electron chi connectivity index (χ4n) is 5.73. The third kappa shape index (κ3) is 6.49. The van der Waals surface area contributed by atoms with Gasteiger partial charge in [0.1, 0.15) is 35.9 Å². The molecular formula is C29H37FN5O10P. The summed E-state index contributed by atoms with van der Waals surface area (Å²) < 4.78 is 70.8. The van der Waals surface area contributed by atoms with Crippen LogP contribution < -0.4 is 23.8 Å². The van der Waals surface area contributed by atoms with Crippen molar-refractivity contribution < 1.29 is 51.6 Å². The second-order valence-corrected chi connectivity index (χ2v) is 13.4. The number of benzene rings is 1. The second-order valence-electron chi connectivity index (χ2n) is 11.7. The lowest BCUT2D eigenvalue weighted by atomic mass is 9.98. The van der Waals surface area contributed by atoms with E-state index < -0.39 is 50.5 Å². The topological polar surface area (TPSA) is 175 Å². The third-order valence-electron chi connectivity index (χ3n) is 8.18. The minimum atomic E-state index is -4.40. The zero-order valence-electron chi connectivity index (χ0n) is 25.9. The average molecular weight is 666 g/mol. The van der Waals surface area contributed by atoms with E-state index in [1.54, 1.807) is 13.0 Å². The minimum absolute atomic E-state index is 0.0138. The molecular weight excluding hydrogens is 628 g/mol. The highest BCUT2D eigenvalue weighted by Crippen LogP contribution is 2.49. The number of methoxy groups -OCH3 is 1. The number of ether oxygens (including phenoxy) is 5. The Kier molecular flexibility index (Phi) is 9.09. The van der Waals surface area contributed by atoms with Gasteiger partial charge >= 0.3 is 13.7 Å². The van der Waals surface area contributed by atoms with E-state index in [1.165, 1.54) is 44.0 Å². The maximum absolute atomic E-state index is 16.2. The van der Waals surface area contributed by atoms with Crippen LogP contribution in [0.3, 0.4) is 0 Å². The molecule has 6 atom stereocenters. The number of esters is 1. The SMILES string of the molecule is COc1nc(C)nc2c1ncn2[C@@H]1O[C@H](CO[P@@](=O)(N[C@@H](C)C(=O)OC2CCCCC2)Oc2ccc3c(c2)OCO3)[C@@H](O)[C@@]1(C)F. The Hall–Kier alpha value is -3.56. The summed E-state index contributed by atoms with van der Waals surface area (Å²) in [4.78, 5) is 25.8. The zero-order chi connectivity index (χ0) is 32.6. The highest BCUT2D eigenvalue weighted by molar-refractivity contribution is 7.52. The predicted octanol–water partition coefficient (Wildman–Crippen LogP) is 3.92. The number of fused-ring (bicyclic) bond motifs is 2. The van der Waals surface area contributed by atoms with Crippen LogP contribution >= 0.6 is 7.75 Å². The summed E-state index contributed by atoms with van der Waals surface area (Å²) in [7, 11) is -2.98. The fraction of sp³-hybridized carbons (Fsp3) is 0.586. The molecule has 250 valence electrons. The van der Waals surface area contributed by atoms with Crippen molar-refractivity contribution >= 4 is 24.9 Å². The molecule has 3 aliphatic rings. The van der Waals surface area contributed by atoms with E-state index >= 15 is 4.39 Å². The molecule has 4 heterocycles. The van der Waals surface area contributed by atoms with Crippen LogP contribution in [0.5, 0.6) is 23.1 Å². The normalized spacial score (nSPS) is 26.5. The van der Waals surface area contributed by atoms with Crippen molar-refractivity contribution in [1.82, 2.24) is 24.6 Å². The van der Waals surface area contributed by atoms with Gasteiger partial charge in [-0.15, -0.1) is 0 Å². The Labute approximate surface area is 264 Å². The molecule has 2 N–H and O–H groups in total. The monoisotopic (exact) mass is 665 g/mol. The van der Waals surface area contributed by atoms with Gasteiger partial charge in [0.15, 0.2) is 34.6 Å². The Balaban J connectivity index is 1.21. The van der Waals surface area contributed by atoms with Gasteiger partial charge in [-0.05, 0) is 58.6 Å². The zero-order valence-corrected chi connectivity index (χ0v) is 26.8. The van der Waals surface area contributed by atoms with Crippen molar-refractivity contribution in [3.8, 4) is 23.1 Å². The molecule has 2 fully saturated rings. The van der Waals surface area contributed by atoms with Crippen LogP contribution in [0.4, 0.5) is 4.39 Å². The van der Waals surface area contributed by atoms with Gasteiger partial charge in [0, 0.05) is 6.07 Å². The Morgan fingerprint density at radius 3 is 2.76 bits per heavy atom. The molecule has 3 aromatic rings. The summed E-state index contributed by atoms with van der Waals surface area (Å²) in [6, 6.07) is 3.42. The standard InChI is InChI=1S/C29H37FN5O10P/c1-16(27(37)43-18-8-6-5-7-9-18)34-46(38,45-19-10-11-20-21(12-19)41-15-40-20)42-13-22-24(36)29(3,30)28(44-22)35-14-31-23-25(35)32-17(2)33-26(23)39-4/h10-12,14,16,18,22,24,28,36H,5-9,13,15H2,1-4H3,(H,34,38)/t16-,22+,24+,28+,29+,46-/m0/s1. The molecule has 0 amide bonds. The second kappa shape index (κ2) is 12.9. The van der Waals surface area contributed by atoms with Crippen molar-refractivity contribution in [2.75, 3.05) is 20.5 Å². The molecule has 2 aliphatic heterocycles. The van der Waals surface area contributed by atoms with Crippen molar-refractivity contribution in [3.63, 3.8) is 0 Å². The van der Waals surface area contributed by atoms with Crippen LogP contribution in [-0.2, 0) is 23.4 Å². The number of aliphatic hydroxyl groups excluding tert-OH is 1. The molecule has 0 radical (unpaired) electrons. The lowest BCUT2D eigenvalue weighted by molar-refractivity contribution is -0.152. The number of halogens is 1. The van der Waals surface area contributed by atoms with Crippen LogP contribution in [0.2, 0.25) is 0 Å². The number of aliphatic hydroxyl groups is 1. The molecule has 6 rings (SSSR count). The summed E-state index contributed by atoms with van der Waals surface area (Å²) >= 11 is 0. The van der Waals surface area contributed by atoms with Gasteiger partial charge in [-0.2, -0.15) is 10.1 Å². The average Bonchev–Trinajstić information content (AvgIpc) is 3.72. The first-order chi connectivity index (χ1) is 22.0. The molecule has 1 aliphatic carbocycles. The largest absolute Gasteiger partial charge is 0.479 e. The maximum atomic E-state index is 16.2. The van der Waals surface area contributed by atoms with Gasteiger partial charge in [-0.3, -0.25) is 13.9 Å². The lowest BCUT2D eigenvalue weighted by Gasteiger charge is -2.27. The Morgan fingerprint density at radius 1 is 1.24 bits per heavy atom. The summed E-state index contributed by atoms with van der Waals surface area (Å²) in [5.74, 6) is 0.850. The lowest BCUT2D eigenvalue weighted by Crippen LogP contribution is -2.41. The summed E-state index contributed by atoms with van der Waals surface area (Å²) in [5, 5.41) is 13.7. The molecule has 0 spiro atoms. The summed E-state index contributed by atoms with van der Waals surface area (Å²) in [6.07, 6.45) is 1.16. The number of hydrogen-bond acceptors (Lipinski definition) is 13. The maximum Gasteiger partial charge on any atom is 0.459 e. The first-order valence-corrected chi connectivity index (χ1v) is 16.6. The number of rotatable bonds is 11. The number of aromatic nitrogens is 4. The number of carbonyl (C=O) groups excluding carboxylic acids is 1. The van der Waals surface area contributed by atoms with E-state index in [1.807, 2.05) is 0 Å². The van der Waals surface area contributed by atoms with E-state index in [0.717, 1.165) is 32.1 Å². The number of nitrogens with zero attached hydrogens (tertiary/aromatic N) is 4. The fourth-order valence-corrected chi connectivity index (χ4v) is 7.23. The molecule has 46 heavy (non-hydrogen) atoms.